The lowest BCUT2D eigenvalue weighted by Crippen LogP contribution is -1.99. The quantitative estimate of drug-likeness (QED) is 0.632. The van der Waals surface area contributed by atoms with E-state index in [1.165, 1.54) is 0 Å². The lowest BCUT2D eigenvalue weighted by molar-refractivity contribution is 0.561. The molecule has 1 aromatic carbocycles. The van der Waals surface area contributed by atoms with E-state index in [1.54, 1.807) is 24.3 Å². The molecular formula is C9H4Cl2O2. The maximum Gasteiger partial charge on any atom is 0.356 e. The van der Waals surface area contributed by atoms with Crippen LogP contribution in [0.15, 0.2) is 33.5 Å². The second kappa shape index (κ2) is 3.05. The second-order valence-corrected chi connectivity index (χ2v) is 3.27. The molecule has 4 heteroatoms. The van der Waals surface area contributed by atoms with E-state index in [9.17, 15) is 4.79 Å². The number of halogens is 2. The first-order valence-corrected chi connectivity index (χ1v) is 4.32. The van der Waals surface area contributed by atoms with Crippen molar-refractivity contribution in [3.63, 3.8) is 0 Å². The molecule has 0 fully saturated rings. The normalized spacial score (nSPS) is 10.6. The number of rotatable bonds is 0. The zero-order valence-electron chi connectivity index (χ0n) is 6.38. The van der Waals surface area contributed by atoms with E-state index in [2.05, 4.69) is 0 Å². The van der Waals surface area contributed by atoms with E-state index < -0.39 is 5.63 Å². The Balaban J connectivity index is 3.02. The molecule has 0 saturated carbocycles. The monoisotopic (exact) mass is 214 g/mol. The third kappa shape index (κ3) is 1.32. The van der Waals surface area contributed by atoms with Gasteiger partial charge < -0.3 is 4.42 Å². The third-order valence-electron chi connectivity index (χ3n) is 1.70. The van der Waals surface area contributed by atoms with Crippen LogP contribution in [0.25, 0.3) is 11.0 Å². The van der Waals surface area contributed by atoms with E-state index in [1.807, 2.05) is 0 Å². The summed E-state index contributed by atoms with van der Waals surface area (Å²) >= 11 is 11.5. The minimum Gasteiger partial charge on any atom is -0.422 e. The predicted molar refractivity (Wildman–Crippen MR) is 52.5 cm³/mol. The van der Waals surface area contributed by atoms with Gasteiger partial charge in [-0.3, -0.25) is 0 Å². The summed E-state index contributed by atoms with van der Waals surface area (Å²) < 4.78 is 4.90. The fourth-order valence-corrected chi connectivity index (χ4v) is 1.46. The minimum absolute atomic E-state index is 0.0691. The Morgan fingerprint density at radius 2 is 1.77 bits per heavy atom. The molecule has 0 bridgehead atoms. The number of hydrogen-bond donors (Lipinski definition) is 0. The van der Waals surface area contributed by atoms with Gasteiger partial charge >= 0.3 is 5.63 Å². The molecule has 0 amide bonds. The molecule has 0 saturated heterocycles. The van der Waals surface area contributed by atoms with Gasteiger partial charge in [0.2, 0.25) is 0 Å². The Morgan fingerprint density at radius 3 is 2.54 bits per heavy atom. The smallest absolute Gasteiger partial charge is 0.356 e. The van der Waals surface area contributed by atoms with Crippen molar-refractivity contribution in [2.24, 2.45) is 0 Å². The molecule has 1 heterocycles. The van der Waals surface area contributed by atoms with Gasteiger partial charge in [0.05, 0.1) is 5.02 Å². The summed E-state index contributed by atoms with van der Waals surface area (Å²) in [6.07, 6.45) is 0. The van der Waals surface area contributed by atoms with Crippen LogP contribution in [0.2, 0.25) is 10.0 Å². The largest absolute Gasteiger partial charge is 0.422 e. The molecule has 0 radical (unpaired) electrons. The SMILES string of the molecule is O=c1oc2ccccc2c(Cl)c1Cl. The second-order valence-electron chi connectivity index (χ2n) is 2.51. The molecule has 0 aliphatic carbocycles. The van der Waals surface area contributed by atoms with Crippen LogP contribution in [0.5, 0.6) is 0 Å². The summed E-state index contributed by atoms with van der Waals surface area (Å²) in [6.45, 7) is 0. The average Bonchev–Trinajstić information content (AvgIpc) is 2.15. The van der Waals surface area contributed by atoms with Crippen LogP contribution in [-0.2, 0) is 0 Å². The number of fused-ring (bicyclic) bond motifs is 1. The van der Waals surface area contributed by atoms with Crippen molar-refractivity contribution in [2.45, 2.75) is 0 Å². The molecule has 2 rings (SSSR count). The van der Waals surface area contributed by atoms with Crippen LogP contribution in [0.4, 0.5) is 0 Å². The molecule has 0 N–H and O–H groups in total. The van der Waals surface area contributed by atoms with E-state index in [0.717, 1.165) is 0 Å². The van der Waals surface area contributed by atoms with Gasteiger partial charge in [-0.1, -0.05) is 35.3 Å². The zero-order valence-corrected chi connectivity index (χ0v) is 7.89. The summed E-state index contributed by atoms with van der Waals surface area (Å²) in [5, 5.41) is 0.822. The lowest BCUT2D eigenvalue weighted by atomic mass is 10.2. The molecule has 1 aromatic heterocycles. The van der Waals surface area contributed by atoms with Crippen LogP contribution in [0.1, 0.15) is 0 Å². The Bertz CT molecular complexity index is 516. The van der Waals surface area contributed by atoms with Gasteiger partial charge in [-0.25, -0.2) is 4.79 Å². The van der Waals surface area contributed by atoms with E-state index in [0.29, 0.717) is 11.0 Å². The summed E-state index contributed by atoms with van der Waals surface area (Å²) in [4.78, 5) is 11.1. The van der Waals surface area contributed by atoms with Crippen LogP contribution >= 0.6 is 23.2 Å². The lowest BCUT2D eigenvalue weighted by Gasteiger charge is -1.98. The van der Waals surface area contributed by atoms with Gasteiger partial charge in [0, 0.05) is 5.39 Å². The first-order chi connectivity index (χ1) is 6.20. The Labute approximate surface area is 83.7 Å². The first-order valence-electron chi connectivity index (χ1n) is 3.57. The summed E-state index contributed by atoms with van der Waals surface area (Å²) in [5.74, 6) is 0. The molecule has 0 aliphatic heterocycles. The van der Waals surface area contributed by atoms with Crippen molar-refractivity contribution in [3.8, 4) is 0 Å². The van der Waals surface area contributed by atoms with Crippen molar-refractivity contribution in [3.05, 3.63) is 44.7 Å². The highest BCUT2D eigenvalue weighted by Gasteiger charge is 2.09. The van der Waals surface area contributed by atoms with E-state index in [-0.39, 0.29) is 10.0 Å². The Hall–Kier alpha value is -0.990. The van der Waals surface area contributed by atoms with Crippen LogP contribution in [0, 0.1) is 0 Å². The van der Waals surface area contributed by atoms with E-state index in [4.69, 9.17) is 27.6 Å². The van der Waals surface area contributed by atoms with Crippen LogP contribution in [-0.4, -0.2) is 0 Å². The minimum atomic E-state index is -0.606. The fraction of sp³-hybridized carbons (Fsp3) is 0. The van der Waals surface area contributed by atoms with Gasteiger partial charge in [-0.15, -0.1) is 0 Å². The maximum absolute atomic E-state index is 11.1. The summed E-state index contributed by atoms with van der Waals surface area (Å²) in [7, 11) is 0. The van der Waals surface area contributed by atoms with Gasteiger partial charge in [0.15, 0.2) is 0 Å². The van der Waals surface area contributed by atoms with Crippen LogP contribution < -0.4 is 5.63 Å². The third-order valence-corrected chi connectivity index (χ3v) is 2.53. The Morgan fingerprint density at radius 1 is 1.08 bits per heavy atom. The van der Waals surface area contributed by atoms with Crippen molar-refractivity contribution in [1.82, 2.24) is 0 Å². The summed E-state index contributed by atoms with van der Waals surface area (Å²) in [6, 6.07) is 6.96. The number of para-hydroxylation sites is 1. The standard InChI is InChI=1S/C9H4Cl2O2/c10-7-5-3-1-2-4-6(5)13-9(12)8(7)11/h1-4H. The highest BCUT2D eigenvalue weighted by molar-refractivity contribution is 6.44. The molecule has 0 aliphatic rings. The topological polar surface area (TPSA) is 30.2 Å². The maximum atomic E-state index is 11.1. The van der Waals surface area contributed by atoms with Gasteiger partial charge in [-0.2, -0.15) is 0 Å². The van der Waals surface area contributed by atoms with Crippen molar-refractivity contribution < 1.29 is 4.42 Å². The molecule has 0 unspecified atom stereocenters. The molecule has 2 nitrogen and oxygen atoms in total. The zero-order chi connectivity index (χ0) is 9.42. The molecular weight excluding hydrogens is 211 g/mol. The number of hydrogen-bond acceptors (Lipinski definition) is 2. The molecule has 66 valence electrons. The van der Waals surface area contributed by atoms with Crippen molar-refractivity contribution in [1.29, 1.82) is 0 Å². The molecule has 0 atom stereocenters. The highest BCUT2D eigenvalue weighted by atomic mass is 35.5. The molecule has 2 aromatic rings. The van der Waals surface area contributed by atoms with Gasteiger partial charge in [-0.05, 0) is 12.1 Å². The fourth-order valence-electron chi connectivity index (χ4n) is 1.09. The predicted octanol–water partition coefficient (Wildman–Crippen LogP) is 3.10. The van der Waals surface area contributed by atoms with Gasteiger partial charge in [0.25, 0.3) is 0 Å². The first kappa shape index (κ1) is 8.60. The van der Waals surface area contributed by atoms with Crippen molar-refractivity contribution in [2.75, 3.05) is 0 Å². The molecule has 0 spiro atoms. The van der Waals surface area contributed by atoms with Crippen LogP contribution in [0.3, 0.4) is 0 Å². The average molecular weight is 215 g/mol. The van der Waals surface area contributed by atoms with Gasteiger partial charge in [0.1, 0.15) is 10.6 Å². The highest BCUT2D eigenvalue weighted by Crippen LogP contribution is 2.27. The summed E-state index contributed by atoms with van der Waals surface area (Å²) in [5.41, 5.74) is -0.160. The van der Waals surface area contributed by atoms with E-state index >= 15 is 0 Å². The Kier molecular flexibility index (Phi) is 2.02. The van der Waals surface area contributed by atoms with Crippen molar-refractivity contribution >= 4 is 34.2 Å². The molecule has 13 heavy (non-hydrogen) atoms. The number of benzene rings is 1.